The maximum atomic E-state index is 12.7. The van der Waals surface area contributed by atoms with Crippen LogP contribution in [0.1, 0.15) is 30.6 Å². The van der Waals surface area contributed by atoms with Crippen molar-refractivity contribution < 1.29 is 27.9 Å². The lowest BCUT2D eigenvalue weighted by Crippen LogP contribution is -2.37. The monoisotopic (exact) mass is 356 g/mol. The lowest BCUT2D eigenvalue weighted by molar-refractivity contribution is -0.119. The first kappa shape index (κ1) is 18.2. The number of nitrogens with zero attached hydrogens (tertiary/aromatic N) is 1. The molecule has 1 heterocycles. The Bertz CT molecular complexity index is 746. The van der Waals surface area contributed by atoms with Crippen molar-refractivity contribution in [3.8, 4) is 5.75 Å². The molecule has 0 spiro atoms. The zero-order chi connectivity index (χ0) is 17.9. The molecule has 0 bridgehead atoms. The zero-order valence-corrected chi connectivity index (χ0v) is 14.3. The Hall–Kier alpha value is -2.13. The van der Waals surface area contributed by atoms with Gasteiger partial charge in [0.1, 0.15) is 11.3 Å². The molecule has 1 aliphatic heterocycles. The minimum Gasteiger partial charge on any atom is -0.493 e. The number of aromatic carboxylic acids is 1. The molecule has 1 fully saturated rings. The maximum absolute atomic E-state index is 12.7. The highest BCUT2D eigenvalue weighted by Crippen LogP contribution is 2.26. The van der Waals surface area contributed by atoms with Crippen LogP contribution >= 0.6 is 0 Å². The first-order chi connectivity index (χ1) is 11.3. The molecule has 1 saturated heterocycles. The van der Waals surface area contributed by atoms with Gasteiger partial charge in [0, 0.05) is 26.1 Å². The number of carboxylic acid groups (broad SMARTS) is 1. The average molecular weight is 356 g/mol. The number of hydrogen-bond acceptors (Lipinski definition) is 5. The van der Waals surface area contributed by atoms with E-state index in [4.69, 9.17) is 4.74 Å². The Balaban J connectivity index is 2.28. The van der Waals surface area contributed by atoms with Crippen molar-refractivity contribution in [3.63, 3.8) is 0 Å². The van der Waals surface area contributed by atoms with Gasteiger partial charge in [-0.3, -0.25) is 4.79 Å². The summed E-state index contributed by atoms with van der Waals surface area (Å²) in [5.74, 6) is -1.34. The van der Waals surface area contributed by atoms with Gasteiger partial charge in [-0.2, -0.15) is 4.31 Å². The van der Waals surface area contributed by atoms with Gasteiger partial charge < -0.3 is 15.2 Å². The second-order valence-electron chi connectivity index (χ2n) is 5.45. The van der Waals surface area contributed by atoms with Gasteiger partial charge in [0.15, 0.2) is 0 Å². The largest absolute Gasteiger partial charge is 0.493 e. The van der Waals surface area contributed by atoms with Gasteiger partial charge in [0.05, 0.1) is 11.5 Å². The first-order valence-corrected chi connectivity index (χ1v) is 8.97. The van der Waals surface area contributed by atoms with Crippen molar-refractivity contribution in [1.29, 1.82) is 0 Å². The van der Waals surface area contributed by atoms with Gasteiger partial charge in [-0.25, -0.2) is 13.2 Å². The minimum absolute atomic E-state index is 0.105. The summed E-state index contributed by atoms with van der Waals surface area (Å²) in [4.78, 5) is 22.3. The van der Waals surface area contributed by atoms with E-state index in [0.717, 1.165) is 6.07 Å². The third kappa shape index (κ3) is 3.85. The average Bonchev–Trinajstić information content (AvgIpc) is 2.96. The minimum atomic E-state index is -3.83. The summed E-state index contributed by atoms with van der Waals surface area (Å²) in [5, 5.41) is 11.9. The van der Waals surface area contributed by atoms with Gasteiger partial charge in [-0.15, -0.1) is 0 Å². The van der Waals surface area contributed by atoms with Crippen molar-refractivity contribution in [3.05, 3.63) is 23.8 Å². The SMILES string of the molecule is CCOc1ccc(S(=O)(=O)N2CCC(NC(C)=O)C2)cc1C(=O)O. The molecule has 1 atom stereocenters. The van der Waals surface area contributed by atoms with Crippen LogP contribution < -0.4 is 10.1 Å². The highest BCUT2D eigenvalue weighted by Gasteiger charge is 2.33. The number of benzene rings is 1. The Morgan fingerprint density at radius 3 is 2.71 bits per heavy atom. The van der Waals surface area contributed by atoms with Crippen LogP contribution in [0.3, 0.4) is 0 Å². The fraction of sp³-hybridized carbons (Fsp3) is 0.467. The molecule has 9 heteroatoms. The Morgan fingerprint density at radius 2 is 2.12 bits per heavy atom. The maximum Gasteiger partial charge on any atom is 0.339 e. The summed E-state index contributed by atoms with van der Waals surface area (Å²) in [6, 6.07) is 3.55. The number of carboxylic acids is 1. The second kappa shape index (κ2) is 7.18. The van der Waals surface area contributed by atoms with Crippen molar-refractivity contribution >= 4 is 21.9 Å². The Labute approximate surface area is 140 Å². The van der Waals surface area contributed by atoms with Gasteiger partial charge in [0.2, 0.25) is 15.9 Å². The number of carbonyl (C=O) groups is 2. The first-order valence-electron chi connectivity index (χ1n) is 7.53. The van der Waals surface area contributed by atoms with E-state index < -0.39 is 16.0 Å². The number of nitrogens with one attached hydrogen (secondary N) is 1. The molecule has 24 heavy (non-hydrogen) atoms. The molecule has 132 valence electrons. The summed E-state index contributed by atoms with van der Waals surface area (Å²) < 4.78 is 31.8. The molecule has 2 N–H and O–H groups in total. The molecule has 0 aliphatic carbocycles. The summed E-state index contributed by atoms with van der Waals surface area (Å²) in [6.45, 7) is 3.79. The number of carbonyl (C=O) groups excluding carboxylic acids is 1. The molecular weight excluding hydrogens is 336 g/mol. The van der Waals surface area contributed by atoms with Crippen LogP contribution in [0, 0.1) is 0 Å². The predicted octanol–water partition coefficient (Wildman–Crippen LogP) is 0.683. The molecule has 8 nitrogen and oxygen atoms in total. The van der Waals surface area contributed by atoms with E-state index in [1.807, 2.05) is 0 Å². The van der Waals surface area contributed by atoms with E-state index in [9.17, 15) is 23.1 Å². The van der Waals surface area contributed by atoms with E-state index in [2.05, 4.69) is 5.32 Å². The molecular formula is C15H20N2O6S. The smallest absolute Gasteiger partial charge is 0.339 e. The highest BCUT2D eigenvalue weighted by molar-refractivity contribution is 7.89. The van der Waals surface area contributed by atoms with Crippen LogP contribution in [-0.2, 0) is 14.8 Å². The molecule has 1 aliphatic rings. The quantitative estimate of drug-likeness (QED) is 0.775. The molecule has 0 saturated carbocycles. The number of sulfonamides is 1. The van der Waals surface area contributed by atoms with Crippen LogP contribution in [-0.4, -0.2) is 55.4 Å². The standard InChI is InChI=1S/C15H20N2O6S/c1-3-23-14-5-4-12(8-13(14)15(19)20)24(21,22)17-7-6-11(9-17)16-10(2)18/h4-5,8,11H,3,6-7,9H2,1-2H3,(H,16,18)(H,19,20). The molecule has 1 unspecified atom stereocenters. The van der Waals surface area contributed by atoms with E-state index in [1.165, 1.54) is 23.4 Å². The van der Waals surface area contributed by atoms with Crippen molar-refractivity contribution in [2.45, 2.75) is 31.2 Å². The third-order valence-electron chi connectivity index (χ3n) is 3.68. The zero-order valence-electron chi connectivity index (χ0n) is 13.5. The summed E-state index contributed by atoms with van der Waals surface area (Å²) in [5.41, 5.74) is -0.199. The fourth-order valence-corrected chi connectivity index (χ4v) is 4.15. The topological polar surface area (TPSA) is 113 Å². The summed E-state index contributed by atoms with van der Waals surface area (Å²) in [7, 11) is -3.83. The highest BCUT2D eigenvalue weighted by atomic mass is 32.2. The molecule has 1 aromatic rings. The van der Waals surface area contributed by atoms with Gasteiger partial charge in [-0.05, 0) is 31.5 Å². The third-order valence-corrected chi connectivity index (χ3v) is 5.54. The van der Waals surface area contributed by atoms with E-state index in [1.54, 1.807) is 6.92 Å². The van der Waals surface area contributed by atoms with E-state index in [0.29, 0.717) is 6.42 Å². The van der Waals surface area contributed by atoms with Crippen LogP contribution in [0.2, 0.25) is 0 Å². The number of rotatable bonds is 6. The Kier molecular flexibility index (Phi) is 5.45. The predicted molar refractivity (Wildman–Crippen MR) is 85.6 cm³/mol. The fourth-order valence-electron chi connectivity index (χ4n) is 2.62. The molecule has 0 aromatic heterocycles. The van der Waals surface area contributed by atoms with Gasteiger partial charge >= 0.3 is 5.97 Å². The molecule has 1 amide bonds. The summed E-state index contributed by atoms with van der Waals surface area (Å²) >= 11 is 0. The molecule has 0 radical (unpaired) electrons. The second-order valence-corrected chi connectivity index (χ2v) is 7.38. The van der Waals surface area contributed by atoms with Crippen molar-refractivity contribution in [2.75, 3.05) is 19.7 Å². The molecule has 1 aromatic carbocycles. The van der Waals surface area contributed by atoms with E-state index in [-0.39, 0.29) is 47.9 Å². The van der Waals surface area contributed by atoms with Crippen LogP contribution in [0.5, 0.6) is 5.75 Å². The van der Waals surface area contributed by atoms with Crippen LogP contribution in [0.15, 0.2) is 23.1 Å². The van der Waals surface area contributed by atoms with Gasteiger partial charge in [0.25, 0.3) is 0 Å². The van der Waals surface area contributed by atoms with Gasteiger partial charge in [-0.1, -0.05) is 0 Å². The van der Waals surface area contributed by atoms with Crippen LogP contribution in [0.25, 0.3) is 0 Å². The van der Waals surface area contributed by atoms with Crippen molar-refractivity contribution in [2.24, 2.45) is 0 Å². The lowest BCUT2D eigenvalue weighted by Gasteiger charge is -2.18. The number of ether oxygens (including phenoxy) is 1. The van der Waals surface area contributed by atoms with E-state index >= 15 is 0 Å². The number of amides is 1. The van der Waals surface area contributed by atoms with Crippen LogP contribution in [0.4, 0.5) is 0 Å². The number of hydrogen-bond donors (Lipinski definition) is 2. The summed E-state index contributed by atoms with van der Waals surface area (Å²) in [6.07, 6.45) is 0.516. The van der Waals surface area contributed by atoms with Crippen molar-refractivity contribution in [1.82, 2.24) is 9.62 Å². The molecule has 2 rings (SSSR count). The lowest BCUT2D eigenvalue weighted by atomic mass is 10.2. The Morgan fingerprint density at radius 1 is 1.42 bits per heavy atom. The normalized spacial score (nSPS) is 18.3.